The predicted molar refractivity (Wildman–Crippen MR) is 70.7 cm³/mol. The molecule has 0 heterocycles. The van der Waals surface area contributed by atoms with E-state index in [1.807, 2.05) is 0 Å². The second-order valence-electron chi connectivity index (χ2n) is 4.20. The van der Waals surface area contributed by atoms with Crippen LogP contribution in [-0.2, 0) is 21.3 Å². The fourth-order valence-corrected chi connectivity index (χ4v) is 2.87. The number of hydrogen-bond acceptors (Lipinski definition) is 4. The monoisotopic (exact) mass is 272 g/mol. The van der Waals surface area contributed by atoms with Gasteiger partial charge in [-0.3, -0.25) is 0 Å². The van der Waals surface area contributed by atoms with Crippen molar-refractivity contribution in [3.05, 3.63) is 29.3 Å². The number of benzene rings is 1. The molecule has 18 heavy (non-hydrogen) atoms. The maximum Gasteiger partial charge on any atom is 0.240 e. The van der Waals surface area contributed by atoms with Crippen molar-refractivity contribution in [2.24, 2.45) is 5.73 Å². The molecule has 0 fully saturated rings. The minimum atomic E-state index is -3.49. The van der Waals surface area contributed by atoms with Crippen LogP contribution in [0.2, 0.25) is 0 Å². The van der Waals surface area contributed by atoms with Gasteiger partial charge in [-0.05, 0) is 31.0 Å². The first kappa shape index (κ1) is 15.1. The van der Waals surface area contributed by atoms with Crippen LogP contribution in [0.4, 0.5) is 0 Å². The second kappa shape index (κ2) is 6.29. The van der Waals surface area contributed by atoms with Crippen molar-refractivity contribution in [1.82, 2.24) is 4.72 Å². The number of rotatable bonds is 6. The molecule has 1 aromatic carbocycles. The van der Waals surface area contributed by atoms with Crippen LogP contribution in [0.15, 0.2) is 23.1 Å². The Hall–Kier alpha value is -0.950. The van der Waals surface area contributed by atoms with Crippen LogP contribution in [0.3, 0.4) is 0 Å². The lowest BCUT2D eigenvalue weighted by Crippen LogP contribution is -2.32. The molecule has 102 valence electrons. The van der Waals surface area contributed by atoms with Gasteiger partial charge in [-0.15, -0.1) is 0 Å². The highest BCUT2D eigenvalue weighted by molar-refractivity contribution is 7.89. The van der Waals surface area contributed by atoms with Crippen LogP contribution in [0.1, 0.15) is 18.1 Å². The standard InChI is InChI=1S/C12H20N2O3S/c1-9-6-11(7-13)4-5-12(9)18(15,16)14-8-10(2)17-3/h4-6,10,14H,7-8,13H2,1-3H3. The highest BCUT2D eigenvalue weighted by Crippen LogP contribution is 2.16. The third-order valence-electron chi connectivity index (χ3n) is 2.73. The fourth-order valence-electron chi connectivity index (χ4n) is 1.53. The zero-order chi connectivity index (χ0) is 13.8. The van der Waals surface area contributed by atoms with E-state index >= 15 is 0 Å². The summed E-state index contributed by atoms with van der Waals surface area (Å²) in [6, 6.07) is 5.09. The molecule has 0 saturated heterocycles. The van der Waals surface area contributed by atoms with Gasteiger partial charge in [0.15, 0.2) is 0 Å². The van der Waals surface area contributed by atoms with Crippen LogP contribution in [0.5, 0.6) is 0 Å². The van der Waals surface area contributed by atoms with Crippen molar-refractivity contribution >= 4 is 10.0 Å². The average Bonchev–Trinajstić information content (AvgIpc) is 2.35. The highest BCUT2D eigenvalue weighted by atomic mass is 32.2. The van der Waals surface area contributed by atoms with E-state index < -0.39 is 10.0 Å². The molecule has 1 rings (SSSR count). The van der Waals surface area contributed by atoms with Gasteiger partial charge >= 0.3 is 0 Å². The van der Waals surface area contributed by atoms with Gasteiger partial charge in [0.1, 0.15) is 0 Å². The van der Waals surface area contributed by atoms with Gasteiger partial charge in [0.25, 0.3) is 0 Å². The highest BCUT2D eigenvalue weighted by Gasteiger charge is 2.17. The molecule has 0 aliphatic carbocycles. The van der Waals surface area contributed by atoms with Gasteiger partial charge in [-0.1, -0.05) is 12.1 Å². The van der Waals surface area contributed by atoms with Crippen LogP contribution in [0.25, 0.3) is 0 Å². The maximum atomic E-state index is 12.1. The Labute approximate surface area is 108 Å². The SMILES string of the molecule is COC(C)CNS(=O)(=O)c1ccc(CN)cc1C. The Morgan fingerprint density at radius 3 is 2.61 bits per heavy atom. The predicted octanol–water partition coefficient (Wildman–Crippen LogP) is 0.767. The number of sulfonamides is 1. The van der Waals surface area contributed by atoms with Crippen LogP contribution >= 0.6 is 0 Å². The van der Waals surface area contributed by atoms with Gasteiger partial charge in [0, 0.05) is 20.2 Å². The molecule has 0 aromatic heterocycles. The van der Waals surface area contributed by atoms with E-state index in [1.54, 1.807) is 39.2 Å². The van der Waals surface area contributed by atoms with Gasteiger partial charge < -0.3 is 10.5 Å². The first-order valence-corrected chi connectivity index (χ1v) is 7.21. The van der Waals surface area contributed by atoms with E-state index in [9.17, 15) is 8.42 Å². The molecule has 3 N–H and O–H groups in total. The first-order chi connectivity index (χ1) is 8.40. The van der Waals surface area contributed by atoms with Crippen molar-refractivity contribution in [3.63, 3.8) is 0 Å². The van der Waals surface area contributed by atoms with Crippen molar-refractivity contribution in [2.45, 2.75) is 31.4 Å². The molecule has 0 spiro atoms. The molecule has 0 bridgehead atoms. The van der Waals surface area contributed by atoms with E-state index in [0.29, 0.717) is 12.1 Å². The Bertz CT molecular complexity index is 500. The summed E-state index contributed by atoms with van der Waals surface area (Å²) in [5.41, 5.74) is 7.12. The third kappa shape index (κ3) is 3.78. The van der Waals surface area contributed by atoms with Gasteiger partial charge in [-0.25, -0.2) is 13.1 Å². The fraction of sp³-hybridized carbons (Fsp3) is 0.500. The Kier molecular flexibility index (Phi) is 5.28. The number of nitrogens with one attached hydrogen (secondary N) is 1. The molecule has 6 heteroatoms. The summed E-state index contributed by atoms with van der Waals surface area (Å²) in [6.07, 6.45) is -0.164. The summed E-state index contributed by atoms with van der Waals surface area (Å²) < 4.78 is 31.7. The lowest BCUT2D eigenvalue weighted by atomic mass is 10.1. The average molecular weight is 272 g/mol. The summed E-state index contributed by atoms with van der Waals surface area (Å²) in [4.78, 5) is 0.281. The van der Waals surface area contributed by atoms with Crippen LogP contribution < -0.4 is 10.5 Å². The van der Waals surface area contributed by atoms with Crippen LogP contribution in [-0.4, -0.2) is 28.2 Å². The maximum absolute atomic E-state index is 12.1. The Morgan fingerprint density at radius 2 is 2.11 bits per heavy atom. The van der Waals surface area contributed by atoms with Crippen molar-refractivity contribution in [2.75, 3.05) is 13.7 Å². The summed E-state index contributed by atoms with van der Waals surface area (Å²) in [6.45, 7) is 4.20. The summed E-state index contributed by atoms with van der Waals surface area (Å²) in [5, 5.41) is 0. The molecular formula is C12H20N2O3S. The van der Waals surface area contributed by atoms with Crippen LogP contribution in [0, 0.1) is 6.92 Å². The third-order valence-corrected chi connectivity index (χ3v) is 4.31. The minimum Gasteiger partial charge on any atom is -0.380 e. The minimum absolute atomic E-state index is 0.164. The second-order valence-corrected chi connectivity index (χ2v) is 5.94. The first-order valence-electron chi connectivity index (χ1n) is 5.72. The molecule has 0 aliphatic rings. The topological polar surface area (TPSA) is 81.4 Å². The Balaban J connectivity index is 2.91. The summed E-state index contributed by atoms with van der Waals surface area (Å²) >= 11 is 0. The normalized spacial score (nSPS) is 13.6. The zero-order valence-electron chi connectivity index (χ0n) is 10.9. The van der Waals surface area contributed by atoms with Crippen molar-refractivity contribution in [1.29, 1.82) is 0 Å². The van der Waals surface area contributed by atoms with E-state index in [0.717, 1.165) is 5.56 Å². The molecule has 5 nitrogen and oxygen atoms in total. The van der Waals surface area contributed by atoms with Gasteiger partial charge in [0.05, 0.1) is 11.0 Å². The number of methoxy groups -OCH3 is 1. The smallest absolute Gasteiger partial charge is 0.240 e. The molecule has 1 unspecified atom stereocenters. The quantitative estimate of drug-likeness (QED) is 0.801. The molecule has 1 atom stereocenters. The van der Waals surface area contributed by atoms with E-state index in [-0.39, 0.29) is 17.5 Å². The van der Waals surface area contributed by atoms with Crippen molar-refractivity contribution < 1.29 is 13.2 Å². The molecule has 1 aromatic rings. The number of ether oxygens (including phenoxy) is 1. The largest absolute Gasteiger partial charge is 0.380 e. The summed E-state index contributed by atoms with van der Waals surface area (Å²) in [5.74, 6) is 0. The molecule has 0 radical (unpaired) electrons. The zero-order valence-corrected chi connectivity index (χ0v) is 11.8. The number of nitrogens with two attached hydrogens (primary N) is 1. The number of aryl methyl sites for hydroxylation is 1. The molecular weight excluding hydrogens is 252 g/mol. The summed E-state index contributed by atoms with van der Waals surface area (Å²) in [7, 11) is -1.95. The van der Waals surface area contributed by atoms with Gasteiger partial charge in [0.2, 0.25) is 10.0 Å². The van der Waals surface area contributed by atoms with Gasteiger partial charge in [-0.2, -0.15) is 0 Å². The molecule has 0 amide bonds. The lowest BCUT2D eigenvalue weighted by molar-refractivity contribution is 0.122. The number of hydrogen-bond donors (Lipinski definition) is 2. The van der Waals surface area contributed by atoms with E-state index in [4.69, 9.17) is 10.5 Å². The Morgan fingerprint density at radius 1 is 1.44 bits per heavy atom. The van der Waals surface area contributed by atoms with E-state index in [2.05, 4.69) is 4.72 Å². The molecule has 0 saturated carbocycles. The molecule has 0 aliphatic heterocycles. The lowest BCUT2D eigenvalue weighted by Gasteiger charge is -2.13. The van der Waals surface area contributed by atoms with Crippen molar-refractivity contribution in [3.8, 4) is 0 Å². The van der Waals surface area contributed by atoms with E-state index in [1.165, 1.54) is 0 Å².